The third kappa shape index (κ3) is 2.23. The second kappa shape index (κ2) is 3.89. The molecule has 1 saturated heterocycles. The van der Waals surface area contributed by atoms with Crippen molar-refractivity contribution in [2.24, 2.45) is 5.92 Å². The first-order chi connectivity index (χ1) is 8.15. The van der Waals surface area contributed by atoms with Crippen molar-refractivity contribution in [1.82, 2.24) is 15.1 Å². The van der Waals surface area contributed by atoms with Crippen molar-refractivity contribution in [3.8, 4) is 0 Å². The zero-order valence-electron chi connectivity index (χ0n) is 10.2. The lowest BCUT2D eigenvalue weighted by Gasteiger charge is -2.34. The summed E-state index contributed by atoms with van der Waals surface area (Å²) in [6.45, 7) is 3.76. The van der Waals surface area contributed by atoms with Crippen molar-refractivity contribution in [3.05, 3.63) is 0 Å². The van der Waals surface area contributed by atoms with E-state index in [0.29, 0.717) is 31.1 Å². The van der Waals surface area contributed by atoms with E-state index in [-0.39, 0.29) is 18.5 Å². The number of hydrogen-bond acceptors (Lipinski definition) is 2. The topological polar surface area (TPSA) is 52.7 Å². The molecule has 17 heavy (non-hydrogen) atoms. The highest BCUT2D eigenvalue weighted by Gasteiger charge is 2.39. The number of nitrogens with zero attached hydrogens (tertiary/aromatic N) is 2. The van der Waals surface area contributed by atoms with Crippen molar-refractivity contribution in [2.75, 3.05) is 19.6 Å². The van der Waals surface area contributed by atoms with E-state index in [2.05, 4.69) is 12.2 Å². The lowest BCUT2D eigenvalue weighted by molar-refractivity contribution is -0.135. The van der Waals surface area contributed by atoms with E-state index < -0.39 is 0 Å². The lowest BCUT2D eigenvalue weighted by Crippen LogP contribution is -2.55. The molecule has 2 aliphatic carbocycles. The van der Waals surface area contributed by atoms with Gasteiger partial charge in [0.25, 0.3) is 0 Å². The predicted octanol–water partition coefficient (Wildman–Crippen LogP) is 0.411. The van der Waals surface area contributed by atoms with Crippen LogP contribution in [0.4, 0.5) is 4.79 Å². The van der Waals surface area contributed by atoms with Gasteiger partial charge in [0.15, 0.2) is 0 Å². The Morgan fingerprint density at radius 2 is 2.06 bits per heavy atom. The van der Waals surface area contributed by atoms with E-state index in [9.17, 15) is 9.59 Å². The normalized spacial score (nSPS) is 32.6. The van der Waals surface area contributed by atoms with Crippen molar-refractivity contribution in [3.63, 3.8) is 0 Å². The number of piperazine rings is 1. The van der Waals surface area contributed by atoms with E-state index in [4.69, 9.17) is 0 Å². The van der Waals surface area contributed by atoms with Gasteiger partial charge >= 0.3 is 6.03 Å². The Morgan fingerprint density at radius 1 is 1.35 bits per heavy atom. The van der Waals surface area contributed by atoms with Crippen LogP contribution in [-0.4, -0.2) is 53.5 Å². The first-order valence-corrected chi connectivity index (χ1v) is 6.50. The average Bonchev–Trinajstić information content (AvgIpc) is 3.17. The molecule has 2 saturated carbocycles. The van der Waals surface area contributed by atoms with Gasteiger partial charge in [-0.15, -0.1) is 0 Å². The molecule has 0 aromatic carbocycles. The van der Waals surface area contributed by atoms with E-state index in [0.717, 1.165) is 19.3 Å². The molecular weight excluding hydrogens is 218 g/mol. The summed E-state index contributed by atoms with van der Waals surface area (Å²) in [4.78, 5) is 27.3. The molecule has 0 bridgehead atoms. The van der Waals surface area contributed by atoms with E-state index >= 15 is 0 Å². The molecule has 5 nitrogen and oxygen atoms in total. The Balaban J connectivity index is 1.51. The fourth-order valence-corrected chi connectivity index (χ4v) is 2.41. The van der Waals surface area contributed by atoms with Gasteiger partial charge in [-0.25, -0.2) is 4.79 Å². The SMILES string of the molecule is C[C@@H]1C[C@H]1NC(=O)N1CCN(C2CC2)C(=O)C1. The molecule has 0 aromatic rings. The van der Waals surface area contributed by atoms with Gasteiger partial charge in [-0.05, 0) is 25.2 Å². The number of rotatable bonds is 2. The third-order valence-electron chi connectivity index (χ3n) is 3.95. The van der Waals surface area contributed by atoms with E-state index in [1.54, 1.807) is 4.90 Å². The molecule has 1 N–H and O–H groups in total. The van der Waals surface area contributed by atoms with Gasteiger partial charge in [0, 0.05) is 25.2 Å². The number of carbonyl (C=O) groups excluding carboxylic acids is 2. The molecule has 1 heterocycles. The lowest BCUT2D eigenvalue weighted by atomic mass is 10.3. The van der Waals surface area contributed by atoms with Crippen LogP contribution in [0.25, 0.3) is 0 Å². The maximum atomic E-state index is 11.9. The zero-order valence-corrected chi connectivity index (χ0v) is 10.2. The molecule has 5 heteroatoms. The highest BCUT2D eigenvalue weighted by Crippen LogP contribution is 2.30. The van der Waals surface area contributed by atoms with Gasteiger partial charge in [-0.2, -0.15) is 0 Å². The number of amides is 3. The average molecular weight is 237 g/mol. The van der Waals surface area contributed by atoms with Crippen LogP contribution in [0.15, 0.2) is 0 Å². The third-order valence-corrected chi connectivity index (χ3v) is 3.95. The largest absolute Gasteiger partial charge is 0.336 e. The maximum Gasteiger partial charge on any atom is 0.318 e. The molecule has 3 aliphatic rings. The summed E-state index contributed by atoms with van der Waals surface area (Å²) in [5.41, 5.74) is 0. The second-order valence-corrected chi connectivity index (χ2v) is 5.51. The van der Waals surface area contributed by atoms with E-state index in [1.165, 1.54) is 0 Å². The summed E-state index contributed by atoms with van der Waals surface area (Å²) in [7, 11) is 0. The summed E-state index contributed by atoms with van der Waals surface area (Å²) in [6, 6.07) is 0.735. The monoisotopic (exact) mass is 237 g/mol. The van der Waals surface area contributed by atoms with Crippen LogP contribution in [0.2, 0.25) is 0 Å². The van der Waals surface area contributed by atoms with Gasteiger partial charge in [-0.3, -0.25) is 4.79 Å². The first-order valence-electron chi connectivity index (χ1n) is 6.50. The Labute approximate surface area is 101 Å². The Hall–Kier alpha value is -1.26. The van der Waals surface area contributed by atoms with Gasteiger partial charge in [0.05, 0.1) is 0 Å². The Morgan fingerprint density at radius 3 is 2.59 bits per heavy atom. The molecule has 3 rings (SSSR count). The Bertz CT molecular complexity index is 354. The molecule has 94 valence electrons. The van der Waals surface area contributed by atoms with E-state index in [1.807, 2.05) is 4.90 Å². The summed E-state index contributed by atoms with van der Waals surface area (Å²) in [5.74, 6) is 0.708. The summed E-state index contributed by atoms with van der Waals surface area (Å²) in [5, 5.41) is 2.97. The number of nitrogens with one attached hydrogen (secondary N) is 1. The minimum atomic E-state index is -0.0665. The van der Waals surface area contributed by atoms with Crippen LogP contribution < -0.4 is 5.32 Å². The fourth-order valence-electron chi connectivity index (χ4n) is 2.41. The molecule has 2 atom stereocenters. The molecule has 1 aliphatic heterocycles. The first kappa shape index (κ1) is 10.9. The molecule has 3 fully saturated rings. The van der Waals surface area contributed by atoms with Crippen LogP contribution in [0.3, 0.4) is 0 Å². The second-order valence-electron chi connectivity index (χ2n) is 5.51. The van der Waals surface area contributed by atoms with Crippen LogP contribution in [-0.2, 0) is 4.79 Å². The number of urea groups is 1. The number of hydrogen-bond donors (Lipinski definition) is 1. The summed E-state index contributed by atoms with van der Waals surface area (Å²) in [6.07, 6.45) is 3.34. The smallest absolute Gasteiger partial charge is 0.318 e. The highest BCUT2D eigenvalue weighted by atomic mass is 16.2. The van der Waals surface area contributed by atoms with Crippen LogP contribution >= 0.6 is 0 Å². The predicted molar refractivity (Wildman–Crippen MR) is 62.4 cm³/mol. The molecule has 3 amide bonds. The van der Waals surface area contributed by atoms with Crippen LogP contribution in [0.5, 0.6) is 0 Å². The van der Waals surface area contributed by atoms with Gasteiger partial charge in [0.1, 0.15) is 6.54 Å². The molecule has 0 unspecified atom stereocenters. The van der Waals surface area contributed by atoms with Gasteiger partial charge in [-0.1, -0.05) is 6.92 Å². The minimum Gasteiger partial charge on any atom is -0.336 e. The summed E-state index contributed by atoms with van der Waals surface area (Å²) < 4.78 is 0. The minimum absolute atomic E-state index is 0.0665. The van der Waals surface area contributed by atoms with Crippen molar-refractivity contribution >= 4 is 11.9 Å². The van der Waals surface area contributed by atoms with Gasteiger partial charge in [0.2, 0.25) is 5.91 Å². The molecule has 0 spiro atoms. The molecular formula is C12H19N3O2. The maximum absolute atomic E-state index is 11.9. The van der Waals surface area contributed by atoms with Crippen LogP contribution in [0.1, 0.15) is 26.2 Å². The fraction of sp³-hybridized carbons (Fsp3) is 0.833. The van der Waals surface area contributed by atoms with Crippen LogP contribution in [0, 0.1) is 5.92 Å². The molecule has 0 aromatic heterocycles. The highest BCUT2D eigenvalue weighted by molar-refractivity contribution is 5.85. The standard InChI is InChI=1S/C12H19N3O2/c1-8-6-10(8)13-12(17)14-4-5-15(9-2-3-9)11(16)7-14/h8-10H,2-7H2,1H3,(H,13,17)/t8-,10-/m1/s1. The molecule has 0 radical (unpaired) electrons. The van der Waals surface area contributed by atoms with Crippen molar-refractivity contribution in [2.45, 2.75) is 38.3 Å². The number of carbonyl (C=O) groups is 2. The Kier molecular flexibility index (Phi) is 2.49. The van der Waals surface area contributed by atoms with Crippen molar-refractivity contribution in [1.29, 1.82) is 0 Å². The summed E-state index contributed by atoms with van der Waals surface area (Å²) >= 11 is 0. The zero-order chi connectivity index (χ0) is 12.0. The van der Waals surface area contributed by atoms with Crippen molar-refractivity contribution < 1.29 is 9.59 Å². The quantitative estimate of drug-likeness (QED) is 0.756. The van der Waals surface area contributed by atoms with Gasteiger partial charge < -0.3 is 15.1 Å².